The third-order valence-corrected chi connectivity index (χ3v) is 4.19. The number of carboxylic acids is 1. The number of anilines is 1. The Morgan fingerprint density at radius 2 is 2.05 bits per heavy atom. The Kier molecular flexibility index (Phi) is 2.84. The fourth-order valence-electron chi connectivity index (χ4n) is 2.63. The number of aromatic nitrogens is 4. The number of fused-ring (bicyclic) bond motifs is 1. The lowest BCUT2D eigenvalue weighted by Gasteiger charge is -2.37. The Labute approximate surface area is 116 Å². The Morgan fingerprint density at radius 3 is 2.70 bits per heavy atom. The zero-order valence-corrected chi connectivity index (χ0v) is 11.6. The van der Waals surface area contributed by atoms with Crippen molar-refractivity contribution < 1.29 is 9.90 Å². The molecule has 0 unspecified atom stereocenters. The fraction of sp³-hybridized carbons (Fsp3) is 0.538. The summed E-state index contributed by atoms with van der Waals surface area (Å²) < 4.78 is 1.71. The lowest BCUT2D eigenvalue weighted by molar-refractivity contribution is -0.149. The Morgan fingerprint density at radius 1 is 1.35 bits per heavy atom. The van der Waals surface area contributed by atoms with Gasteiger partial charge in [0.15, 0.2) is 5.65 Å². The van der Waals surface area contributed by atoms with E-state index < -0.39 is 11.4 Å². The predicted molar refractivity (Wildman–Crippen MR) is 73.5 cm³/mol. The molecular formula is C13H17N5O2. The van der Waals surface area contributed by atoms with Gasteiger partial charge in [0.2, 0.25) is 0 Å². The highest BCUT2D eigenvalue weighted by Crippen LogP contribution is 2.34. The Hall–Kier alpha value is -2.18. The number of aliphatic carboxylic acids is 1. The quantitative estimate of drug-likeness (QED) is 0.882. The summed E-state index contributed by atoms with van der Waals surface area (Å²) in [6.07, 6.45) is 4.53. The molecule has 0 radical (unpaired) electrons. The monoisotopic (exact) mass is 275 g/mol. The Bertz CT molecular complexity index is 658. The SMILES string of the molecule is Cn1ncc2c(N3CCC(C)(C(=O)O)CC3)ncnc21. The van der Waals surface area contributed by atoms with Crippen LogP contribution in [-0.4, -0.2) is 43.9 Å². The molecule has 0 aliphatic carbocycles. The molecule has 0 bridgehead atoms. The smallest absolute Gasteiger partial charge is 0.309 e. The van der Waals surface area contributed by atoms with Crippen LogP contribution in [0, 0.1) is 5.41 Å². The minimum atomic E-state index is -0.716. The van der Waals surface area contributed by atoms with E-state index in [0.717, 1.165) is 16.9 Å². The van der Waals surface area contributed by atoms with E-state index in [1.54, 1.807) is 10.9 Å². The van der Waals surface area contributed by atoms with Crippen LogP contribution in [0.15, 0.2) is 12.5 Å². The minimum Gasteiger partial charge on any atom is -0.481 e. The van der Waals surface area contributed by atoms with Gasteiger partial charge in [-0.25, -0.2) is 9.97 Å². The number of hydrogen-bond acceptors (Lipinski definition) is 5. The second-order valence-corrected chi connectivity index (χ2v) is 5.56. The van der Waals surface area contributed by atoms with Crippen LogP contribution >= 0.6 is 0 Å². The fourth-order valence-corrected chi connectivity index (χ4v) is 2.63. The first-order valence-electron chi connectivity index (χ1n) is 6.62. The summed E-state index contributed by atoms with van der Waals surface area (Å²) in [4.78, 5) is 22.0. The number of nitrogens with zero attached hydrogens (tertiary/aromatic N) is 5. The molecule has 1 fully saturated rings. The first kappa shape index (κ1) is 12.8. The molecule has 0 amide bonds. The summed E-state index contributed by atoms with van der Waals surface area (Å²) in [7, 11) is 1.84. The minimum absolute atomic E-state index is 0.619. The molecule has 2 aromatic rings. The Balaban J connectivity index is 1.89. The van der Waals surface area contributed by atoms with Crippen LogP contribution in [0.2, 0.25) is 0 Å². The van der Waals surface area contributed by atoms with E-state index >= 15 is 0 Å². The lowest BCUT2D eigenvalue weighted by Crippen LogP contribution is -2.43. The molecule has 20 heavy (non-hydrogen) atoms. The third-order valence-electron chi connectivity index (χ3n) is 4.19. The molecule has 0 atom stereocenters. The van der Waals surface area contributed by atoms with Gasteiger partial charge in [-0.2, -0.15) is 5.10 Å². The van der Waals surface area contributed by atoms with Crippen molar-refractivity contribution >= 4 is 22.8 Å². The van der Waals surface area contributed by atoms with E-state index in [-0.39, 0.29) is 0 Å². The van der Waals surface area contributed by atoms with Gasteiger partial charge in [-0.15, -0.1) is 0 Å². The average molecular weight is 275 g/mol. The third kappa shape index (κ3) is 1.90. The molecular weight excluding hydrogens is 258 g/mol. The van der Waals surface area contributed by atoms with Crippen molar-refractivity contribution in [2.75, 3.05) is 18.0 Å². The molecule has 3 rings (SSSR count). The molecule has 106 valence electrons. The van der Waals surface area contributed by atoms with Crippen molar-refractivity contribution in [1.29, 1.82) is 0 Å². The highest BCUT2D eigenvalue weighted by molar-refractivity contribution is 5.86. The van der Waals surface area contributed by atoms with Crippen molar-refractivity contribution in [2.45, 2.75) is 19.8 Å². The molecule has 0 saturated carbocycles. The average Bonchev–Trinajstić information content (AvgIpc) is 2.82. The van der Waals surface area contributed by atoms with Crippen molar-refractivity contribution in [3.63, 3.8) is 0 Å². The summed E-state index contributed by atoms with van der Waals surface area (Å²) in [5.74, 6) is 0.127. The molecule has 7 heteroatoms. The molecule has 7 nitrogen and oxygen atoms in total. The molecule has 1 saturated heterocycles. The largest absolute Gasteiger partial charge is 0.481 e. The highest BCUT2D eigenvalue weighted by atomic mass is 16.4. The topological polar surface area (TPSA) is 84.1 Å². The van der Waals surface area contributed by atoms with Gasteiger partial charge in [-0.05, 0) is 19.8 Å². The van der Waals surface area contributed by atoms with Crippen LogP contribution in [0.4, 0.5) is 5.82 Å². The van der Waals surface area contributed by atoms with E-state index in [4.69, 9.17) is 0 Å². The maximum absolute atomic E-state index is 11.3. The van der Waals surface area contributed by atoms with Gasteiger partial charge in [-0.3, -0.25) is 9.48 Å². The first-order valence-corrected chi connectivity index (χ1v) is 6.62. The highest BCUT2D eigenvalue weighted by Gasteiger charge is 2.37. The standard InChI is InChI=1S/C13H17N5O2/c1-13(12(19)20)3-5-18(6-4-13)11-9-7-16-17(2)10(9)14-8-15-11/h7-8H,3-6H2,1-2H3,(H,19,20). The summed E-state index contributed by atoms with van der Waals surface area (Å²) in [5, 5.41) is 14.4. The van der Waals surface area contributed by atoms with Crippen LogP contribution in [0.5, 0.6) is 0 Å². The van der Waals surface area contributed by atoms with Crippen LogP contribution in [0.1, 0.15) is 19.8 Å². The molecule has 0 spiro atoms. The molecule has 1 aliphatic rings. The number of carboxylic acid groups (broad SMARTS) is 1. The van der Waals surface area contributed by atoms with E-state index in [9.17, 15) is 9.90 Å². The maximum Gasteiger partial charge on any atom is 0.309 e. The zero-order valence-electron chi connectivity index (χ0n) is 11.6. The van der Waals surface area contributed by atoms with Crippen LogP contribution in [-0.2, 0) is 11.8 Å². The molecule has 1 aliphatic heterocycles. The zero-order chi connectivity index (χ0) is 14.3. The normalized spacial score (nSPS) is 18.4. The van der Waals surface area contributed by atoms with Gasteiger partial charge in [0.25, 0.3) is 0 Å². The van der Waals surface area contributed by atoms with Gasteiger partial charge in [0.05, 0.1) is 17.0 Å². The number of carbonyl (C=O) groups is 1. The van der Waals surface area contributed by atoms with Gasteiger partial charge in [-0.1, -0.05) is 0 Å². The number of aryl methyl sites for hydroxylation is 1. The van der Waals surface area contributed by atoms with E-state index in [1.807, 2.05) is 14.0 Å². The molecule has 0 aromatic carbocycles. The predicted octanol–water partition coefficient (Wildman–Crippen LogP) is 1.05. The van der Waals surface area contributed by atoms with Crippen LogP contribution in [0.25, 0.3) is 11.0 Å². The maximum atomic E-state index is 11.3. The summed E-state index contributed by atoms with van der Waals surface area (Å²) >= 11 is 0. The van der Waals surface area contributed by atoms with Gasteiger partial charge in [0, 0.05) is 20.1 Å². The van der Waals surface area contributed by atoms with Crippen LogP contribution in [0.3, 0.4) is 0 Å². The summed E-state index contributed by atoms with van der Waals surface area (Å²) in [6, 6.07) is 0. The van der Waals surface area contributed by atoms with Crippen molar-refractivity contribution in [2.24, 2.45) is 12.5 Å². The first-order chi connectivity index (χ1) is 9.51. The van der Waals surface area contributed by atoms with E-state index in [0.29, 0.717) is 25.9 Å². The summed E-state index contributed by atoms with van der Waals surface area (Å²) in [6.45, 7) is 3.18. The van der Waals surface area contributed by atoms with Crippen molar-refractivity contribution in [1.82, 2.24) is 19.7 Å². The van der Waals surface area contributed by atoms with Crippen LogP contribution < -0.4 is 4.90 Å². The second kappa shape index (κ2) is 4.43. The summed E-state index contributed by atoms with van der Waals surface area (Å²) in [5.41, 5.74) is 0.166. The second-order valence-electron chi connectivity index (χ2n) is 5.56. The molecule has 2 aromatic heterocycles. The number of rotatable bonds is 2. The van der Waals surface area contributed by atoms with Crippen molar-refractivity contribution in [3.8, 4) is 0 Å². The van der Waals surface area contributed by atoms with Gasteiger partial charge >= 0.3 is 5.97 Å². The number of hydrogen-bond donors (Lipinski definition) is 1. The number of piperidine rings is 1. The van der Waals surface area contributed by atoms with Gasteiger partial charge in [0.1, 0.15) is 12.1 Å². The lowest BCUT2D eigenvalue weighted by atomic mass is 9.80. The van der Waals surface area contributed by atoms with E-state index in [1.165, 1.54) is 6.33 Å². The van der Waals surface area contributed by atoms with Gasteiger partial charge < -0.3 is 10.0 Å². The van der Waals surface area contributed by atoms with E-state index in [2.05, 4.69) is 20.0 Å². The molecule has 3 heterocycles. The molecule has 1 N–H and O–H groups in total. The van der Waals surface area contributed by atoms with Crippen molar-refractivity contribution in [3.05, 3.63) is 12.5 Å².